The largest absolute Gasteiger partial charge is 0.378 e. The molecule has 0 aromatic rings. The molecule has 0 radical (unpaired) electrons. The minimum atomic E-state index is 0.387. The van der Waals surface area contributed by atoms with E-state index in [2.05, 4.69) is 6.92 Å². The Hall–Kier alpha value is -0.630. The smallest absolute Gasteiger partial charge is 0.155 e. The van der Waals surface area contributed by atoms with E-state index in [0.29, 0.717) is 17.3 Å². The maximum Gasteiger partial charge on any atom is 0.155 e. The Morgan fingerprint density at radius 2 is 1.96 bits per heavy atom. The van der Waals surface area contributed by atoms with Gasteiger partial charge in [-0.3, -0.25) is 4.79 Å². The van der Waals surface area contributed by atoms with E-state index in [-0.39, 0.29) is 0 Å². The van der Waals surface area contributed by atoms with E-state index >= 15 is 0 Å². The molecule has 2 nitrogen and oxygen atoms in total. The second kappa shape index (κ2) is 5.69. The first-order chi connectivity index (χ1) is 11.7. The molecule has 1 aliphatic heterocycles. The summed E-state index contributed by atoms with van der Waals surface area (Å²) in [5.74, 6) is 4.61. The number of ketones is 1. The Kier molecular flexibility index (Phi) is 3.70. The predicted molar refractivity (Wildman–Crippen MR) is 94.6 cm³/mol. The molecular weight excluding hydrogens is 296 g/mol. The van der Waals surface area contributed by atoms with Gasteiger partial charge in [0.1, 0.15) is 0 Å². The van der Waals surface area contributed by atoms with Gasteiger partial charge in [0.25, 0.3) is 0 Å². The minimum absolute atomic E-state index is 0.387. The van der Waals surface area contributed by atoms with Crippen molar-refractivity contribution in [2.24, 2.45) is 35.0 Å². The van der Waals surface area contributed by atoms with E-state index in [9.17, 15) is 4.79 Å². The highest BCUT2D eigenvalue weighted by atomic mass is 16.5. The third kappa shape index (κ3) is 2.43. The summed E-state index contributed by atoms with van der Waals surface area (Å²) in [4.78, 5) is 11.8. The Balaban J connectivity index is 1.46. The lowest BCUT2D eigenvalue weighted by molar-refractivity contribution is -0.116. The van der Waals surface area contributed by atoms with Crippen LogP contribution in [0.2, 0.25) is 0 Å². The van der Waals surface area contributed by atoms with Crippen LogP contribution in [0, 0.1) is 35.0 Å². The van der Waals surface area contributed by atoms with Gasteiger partial charge in [0.05, 0.1) is 6.10 Å². The van der Waals surface area contributed by atoms with Gasteiger partial charge in [-0.2, -0.15) is 0 Å². The molecule has 0 amide bonds. The zero-order valence-corrected chi connectivity index (χ0v) is 15.1. The van der Waals surface area contributed by atoms with Gasteiger partial charge in [0.2, 0.25) is 0 Å². The van der Waals surface area contributed by atoms with Gasteiger partial charge < -0.3 is 4.74 Å². The Labute approximate surface area is 146 Å². The van der Waals surface area contributed by atoms with Crippen LogP contribution in [-0.2, 0) is 9.53 Å². The fourth-order valence-electron chi connectivity index (χ4n) is 7.25. The average molecular weight is 328 g/mol. The summed E-state index contributed by atoms with van der Waals surface area (Å²) in [6.45, 7) is 3.61. The first-order valence-electron chi connectivity index (χ1n) is 10.5. The van der Waals surface area contributed by atoms with E-state index in [1.54, 1.807) is 0 Å². The zero-order chi connectivity index (χ0) is 16.3. The SMILES string of the molecule is CC12CCCCO[C@H]3C[C@H]3C1C1CCC3=CC(=O)CCC3C1CC2. The number of carbonyl (C=O) groups excluding carboxylic acids is 1. The molecule has 4 fully saturated rings. The quantitative estimate of drug-likeness (QED) is 0.630. The van der Waals surface area contributed by atoms with Crippen LogP contribution in [0.25, 0.3) is 0 Å². The Bertz CT molecular complexity index is 564. The highest BCUT2D eigenvalue weighted by Crippen LogP contribution is 2.64. The van der Waals surface area contributed by atoms with Crippen LogP contribution in [0.3, 0.4) is 0 Å². The van der Waals surface area contributed by atoms with Gasteiger partial charge >= 0.3 is 0 Å². The lowest BCUT2D eigenvalue weighted by atomic mass is 9.49. The van der Waals surface area contributed by atoms with Crippen molar-refractivity contribution >= 4 is 5.78 Å². The highest BCUT2D eigenvalue weighted by Gasteiger charge is 2.58. The molecule has 0 N–H and O–H groups in total. The van der Waals surface area contributed by atoms with E-state index in [1.165, 1.54) is 56.9 Å². The molecule has 5 unspecified atom stereocenters. The van der Waals surface area contributed by atoms with Gasteiger partial charge in [0.15, 0.2) is 5.78 Å². The fourth-order valence-corrected chi connectivity index (χ4v) is 7.25. The predicted octanol–water partition coefficient (Wildman–Crippen LogP) is 4.92. The molecule has 4 aliphatic carbocycles. The summed E-state index contributed by atoms with van der Waals surface area (Å²) in [6, 6.07) is 0. The molecule has 5 aliphatic rings. The van der Waals surface area contributed by atoms with Crippen molar-refractivity contribution in [3.05, 3.63) is 11.6 Å². The minimum Gasteiger partial charge on any atom is -0.378 e. The summed E-state index contributed by atoms with van der Waals surface area (Å²) < 4.78 is 6.18. The van der Waals surface area contributed by atoms with Crippen LogP contribution in [0.4, 0.5) is 0 Å². The van der Waals surface area contributed by atoms with Crippen LogP contribution < -0.4 is 0 Å². The highest BCUT2D eigenvalue weighted by molar-refractivity contribution is 5.91. The molecule has 3 saturated carbocycles. The standard InChI is InChI=1S/C22H32O2/c1-22-9-2-3-11-24-20-13-19(20)21(22)18-6-4-14-12-15(23)5-7-16(14)17(18)8-10-22/h12,16-21H,2-11,13H2,1H3/t16?,17?,18?,19-,20+,21?,22?/m1/s1. The topological polar surface area (TPSA) is 26.3 Å². The van der Waals surface area contributed by atoms with Crippen molar-refractivity contribution in [3.8, 4) is 0 Å². The molecular formula is C22H32O2. The summed E-state index contributed by atoms with van der Waals surface area (Å²) in [5.41, 5.74) is 2.07. The lowest BCUT2D eigenvalue weighted by Gasteiger charge is -2.55. The number of carbonyl (C=O) groups is 1. The molecule has 1 saturated heterocycles. The first-order valence-corrected chi connectivity index (χ1v) is 10.5. The molecule has 1 heterocycles. The zero-order valence-electron chi connectivity index (χ0n) is 15.1. The van der Waals surface area contributed by atoms with Gasteiger partial charge in [-0.25, -0.2) is 0 Å². The number of ether oxygens (including phenoxy) is 1. The maximum absolute atomic E-state index is 11.8. The van der Waals surface area contributed by atoms with Gasteiger partial charge in [-0.15, -0.1) is 0 Å². The van der Waals surface area contributed by atoms with Gasteiger partial charge in [-0.1, -0.05) is 18.9 Å². The Morgan fingerprint density at radius 3 is 2.88 bits per heavy atom. The molecule has 0 spiro atoms. The van der Waals surface area contributed by atoms with Crippen molar-refractivity contribution in [2.45, 2.75) is 77.2 Å². The van der Waals surface area contributed by atoms with Crippen molar-refractivity contribution in [2.75, 3.05) is 6.61 Å². The van der Waals surface area contributed by atoms with Crippen LogP contribution in [0.15, 0.2) is 11.6 Å². The maximum atomic E-state index is 11.8. The fraction of sp³-hybridized carbons (Fsp3) is 0.864. The summed E-state index contributed by atoms with van der Waals surface area (Å²) >= 11 is 0. The molecule has 5 rings (SSSR count). The van der Waals surface area contributed by atoms with Gasteiger partial charge in [-0.05, 0) is 92.4 Å². The second-order valence-electron chi connectivity index (χ2n) is 9.68. The Morgan fingerprint density at radius 1 is 1.04 bits per heavy atom. The number of hydrogen-bond acceptors (Lipinski definition) is 2. The first kappa shape index (κ1) is 15.6. The van der Waals surface area contributed by atoms with Crippen LogP contribution in [-0.4, -0.2) is 18.5 Å². The summed E-state index contributed by atoms with van der Waals surface area (Å²) in [7, 11) is 0. The van der Waals surface area contributed by atoms with E-state index in [1.807, 2.05) is 6.08 Å². The number of rotatable bonds is 0. The monoisotopic (exact) mass is 328 g/mol. The van der Waals surface area contributed by atoms with Crippen LogP contribution in [0.1, 0.15) is 71.1 Å². The molecule has 7 atom stereocenters. The van der Waals surface area contributed by atoms with Crippen LogP contribution in [0.5, 0.6) is 0 Å². The van der Waals surface area contributed by atoms with Crippen molar-refractivity contribution < 1.29 is 9.53 Å². The molecule has 0 bridgehead atoms. The van der Waals surface area contributed by atoms with E-state index < -0.39 is 0 Å². The molecule has 24 heavy (non-hydrogen) atoms. The number of hydrogen-bond donors (Lipinski definition) is 0. The molecule has 2 heteroatoms. The van der Waals surface area contributed by atoms with Crippen LogP contribution >= 0.6 is 0 Å². The summed E-state index contributed by atoms with van der Waals surface area (Å²) in [5, 5.41) is 0. The van der Waals surface area contributed by atoms with E-state index in [0.717, 1.165) is 49.0 Å². The van der Waals surface area contributed by atoms with Crippen molar-refractivity contribution in [1.82, 2.24) is 0 Å². The van der Waals surface area contributed by atoms with Crippen molar-refractivity contribution in [3.63, 3.8) is 0 Å². The van der Waals surface area contributed by atoms with Gasteiger partial charge in [0, 0.05) is 13.0 Å². The lowest BCUT2D eigenvalue weighted by Crippen LogP contribution is -2.48. The normalized spacial score (nSPS) is 50.9. The molecule has 132 valence electrons. The average Bonchev–Trinajstić information content (AvgIpc) is 3.31. The number of fused-ring (bicyclic) bond motifs is 7. The summed E-state index contributed by atoms with van der Waals surface area (Å²) in [6.07, 6.45) is 15.3. The second-order valence-corrected chi connectivity index (χ2v) is 9.68. The molecule has 0 aromatic heterocycles. The number of allylic oxidation sites excluding steroid dienone is 2. The third-order valence-electron chi connectivity index (χ3n) is 8.39. The third-order valence-corrected chi connectivity index (χ3v) is 8.39. The van der Waals surface area contributed by atoms with E-state index in [4.69, 9.17) is 4.74 Å². The van der Waals surface area contributed by atoms with Crippen molar-refractivity contribution in [1.29, 1.82) is 0 Å². The molecule has 0 aromatic carbocycles.